The first-order valence-corrected chi connectivity index (χ1v) is 14.7. The summed E-state index contributed by atoms with van der Waals surface area (Å²) in [6.07, 6.45) is 8.46. The van der Waals surface area contributed by atoms with E-state index in [-0.39, 0.29) is 23.9 Å². The number of nitrogens with zero attached hydrogens (tertiary/aromatic N) is 3. The molecule has 1 fully saturated rings. The van der Waals surface area contributed by atoms with Gasteiger partial charge in [0.1, 0.15) is 0 Å². The first-order valence-electron chi connectivity index (χ1n) is 14.7. The van der Waals surface area contributed by atoms with Crippen LogP contribution < -0.4 is 15.0 Å². The lowest BCUT2D eigenvalue weighted by atomic mass is 9.81. The average molecular weight is 557 g/mol. The molecule has 1 aromatic carbocycles. The molecular weight excluding hydrogens is 516 g/mol. The van der Waals surface area contributed by atoms with Crippen LogP contribution in [0.4, 0.5) is 0 Å². The molecule has 3 aromatic rings. The van der Waals surface area contributed by atoms with Crippen LogP contribution in [-0.4, -0.2) is 58.1 Å². The van der Waals surface area contributed by atoms with Gasteiger partial charge in [-0.1, -0.05) is 0 Å². The summed E-state index contributed by atoms with van der Waals surface area (Å²) in [7, 11) is 4.30. The summed E-state index contributed by atoms with van der Waals surface area (Å²) in [5.74, 6) is 0.760. The molecule has 1 aliphatic carbocycles. The van der Waals surface area contributed by atoms with Crippen LogP contribution in [0.3, 0.4) is 0 Å². The number of aromatic nitrogens is 2. The van der Waals surface area contributed by atoms with E-state index in [1.54, 1.807) is 17.3 Å². The third-order valence-corrected chi connectivity index (χ3v) is 9.48. The van der Waals surface area contributed by atoms with Crippen LogP contribution in [0.2, 0.25) is 0 Å². The molecule has 0 unspecified atom stereocenters. The quantitative estimate of drug-likeness (QED) is 0.467. The van der Waals surface area contributed by atoms with Gasteiger partial charge in [0, 0.05) is 60.2 Å². The van der Waals surface area contributed by atoms with Gasteiger partial charge in [0.15, 0.2) is 11.5 Å². The molecule has 0 saturated heterocycles. The van der Waals surface area contributed by atoms with Crippen molar-refractivity contribution in [1.82, 2.24) is 19.8 Å². The van der Waals surface area contributed by atoms with E-state index in [9.17, 15) is 9.59 Å². The predicted octanol–water partition coefficient (Wildman–Crippen LogP) is 5.17. The number of carbonyl (C=O) groups excluding carboxylic acids is 1. The maximum absolute atomic E-state index is 14.2. The van der Waals surface area contributed by atoms with Crippen molar-refractivity contribution < 1.29 is 14.3 Å². The van der Waals surface area contributed by atoms with Crippen molar-refractivity contribution in [3.63, 3.8) is 0 Å². The van der Waals surface area contributed by atoms with Crippen molar-refractivity contribution in [3.8, 4) is 22.6 Å². The van der Waals surface area contributed by atoms with Crippen LogP contribution in [0.1, 0.15) is 70.9 Å². The van der Waals surface area contributed by atoms with Gasteiger partial charge in [-0.25, -0.2) is 0 Å². The van der Waals surface area contributed by atoms with E-state index in [0.29, 0.717) is 35.9 Å². The highest BCUT2D eigenvalue weighted by molar-refractivity contribution is 6.02. The Morgan fingerprint density at radius 3 is 2.37 bits per heavy atom. The number of benzene rings is 1. The second-order valence-corrected chi connectivity index (χ2v) is 12.4. The van der Waals surface area contributed by atoms with E-state index in [4.69, 9.17) is 9.47 Å². The number of rotatable bonds is 5. The zero-order valence-electron chi connectivity index (χ0n) is 25.0. The highest BCUT2D eigenvalue weighted by atomic mass is 16.7. The Hall–Kier alpha value is -3.65. The van der Waals surface area contributed by atoms with Gasteiger partial charge in [0.2, 0.25) is 0 Å². The molecule has 2 aliphatic heterocycles. The number of nitrogens with one attached hydrogen (secondary N) is 1. The molecule has 0 radical (unpaired) electrons. The summed E-state index contributed by atoms with van der Waals surface area (Å²) in [6.45, 7) is 8.61. The molecule has 1 amide bonds. The Morgan fingerprint density at radius 1 is 1.02 bits per heavy atom. The highest BCUT2D eigenvalue weighted by Gasteiger charge is 2.49. The Bertz CT molecular complexity index is 1560. The number of H-pyrrole nitrogens is 1. The summed E-state index contributed by atoms with van der Waals surface area (Å²) in [5, 5.41) is 0. The minimum atomic E-state index is -0.800. The smallest absolute Gasteiger partial charge is 0.254 e. The van der Waals surface area contributed by atoms with Gasteiger partial charge >= 0.3 is 0 Å². The maximum Gasteiger partial charge on any atom is 0.254 e. The number of aryl methyl sites for hydroxylation is 2. The van der Waals surface area contributed by atoms with E-state index in [1.165, 1.54) is 0 Å². The number of hydrogen-bond donors (Lipinski definition) is 1. The summed E-state index contributed by atoms with van der Waals surface area (Å²) in [5.41, 5.74) is 6.53. The minimum Gasteiger partial charge on any atom is -0.448 e. The monoisotopic (exact) mass is 556 g/mol. The standard InChI is InChI=1S/C33H40N4O4/c1-19-17-20(2)35-31(38)26(19)18-37-16-13-25-27(32(37)39)21(3)29-30(28(25)22-11-14-34-15-12-22)41-33(4,40-29)23-7-9-24(10-8-23)36(5)6/h11-12,14-15,17,23-24H,7-10,13,16,18H2,1-6H3,(H,35,38)/t23?,24?,33-/m1/s1. The molecule has 6 rings (SSSR count). The fourth-order valence-corrected chi connectivity index (χ4v) is 7.11. The molecule has 4 heterocycles. The molecule has 41 heavy (non-hydrogen) atoms. The van der Waals surface area contributed by atoms with E-state index < -0.39 is 5.79 Å². The molecule has 216 valence electrons. The topological polar surface area (TPSA) is 87.8 Å². The molecule has 3 aliphatic rings. The zero-order valence-corrected chi connectivity index (χ0v) is 25.0. The van der Waals surface area contributed by atoms with Gasteiger partial charge in [0.05, 0.1) is 12.1 Å². The van der Waals surface area contributed by atoms with E-state index >= 15 is 0 Å². The number of hydrogen-bond acceptors (Lipinski definition) is 6. The van der Waals surface area contributed by atoms with Crippen LogP contribution >= 0.6 is 0 Å². The first kappa shape index (κ1) is 27.5. The van der Waals surface area contributed by atoms with Gasteiger partial charge in [-0.2, -0.15) is 0 Å². The molecular formula is C33H40N4O4. The molecule has 8 nitrogen and oxygen atoms in total. The van der Waals surface area contributed by atoms with Gasteiger partial charge in [-0.3, -0.25) is 14.6 Å². The second kappa shape index (κ2) is 10.3. The van der Waals surface area contributed by atoms with Crippen molar-refractivity contribution in [1.29, 1.82) is 0 Å². The molecule has 1 atom stereocenters. The molecule has 0 spiro atoms. The molecule has 8 heteroatoms. The Morgan fingerprint density at radius 2 is 1.71 bits per heavy atom. The number of fused-ring (bicyclic) bond motifs is 2. The van der Waals surface area contributed by atoms with Gasteiger partial charge < -0.3 is 24.3 Å². The Balaban J connectivity index is 1.40. The van der Waals surface area contributed by atoms with E-state index in [0.717, 1.165) is 64.9 Å². The number of amides is 1. The third-order valence-electron chi connectivity index (χ3n) is 9.48. The van der Waals surface area contributed by atoms with Crippen molar-refractivity contribution in [2.24, 2.45) is 5.92 Å². The fourth-order valence-electron chi connectivity index (χ4n) is 7.11. The van der Waals surface area contributed by atoms with Crippen LogP contribution in [0, 0.1) is 26.7 Å². The number of aromatic amines is 1. The van der Waals surface area contributed by atoms with Gasteiger partial charge in [-0.15, -0.1) is 0 Å². The van der Waals surface area contributed by atoms with E-state index in [2.05, 4.69) is 35.9 Å². The summed E-state index contributed by atoms with van der Waals surface area (Å²) in [6, 6.07) is 6.47. The molecule has 0 bridgehead atoms. The van der Waals surface area contributed by atoms with Crippen LogP contribution in [0.15, 0.2) is 35.4 Å². The normalized spacial score (nSPS) is 23.7. The van der Waals surface area contributed by atoms with Crippen molar-refractivity contribution in [2.45, 2.75) is 78.2 Å². The lowest BCUT2D eigenvalue weighted by molar-refractivity contribution is -0.123. The third kappa shape index (κ3) is 4.72. The van der Waals surface area contributed by atoms with Crippen molar-refractivity contribution >= 4 is 5.91 Å². The number of carbonyl (C=O) groups is 1. The fraction of sp³-hybridized carbons (Fsp3) is 0.485. The van der Waals surface area contributed by atoms with Gasteiger partial charge in [0.25, 0.3) is 17.3 Å². The second-order valence-electron chi connectivity index (χ2n) is 12.4. The summed E-state index contributed by atoms with van der Waals surface area (Å²) >= 11 is 0. The largest absolute Gasteiger partial charge is 0.448 e. The Kier molecular flexibility index (Phi) is 6.92. The predicted molar refractivity (Wildman–Crippen MR) is 158 cm³/mol. The highest BCUT2D eigenvalue weighted by Crippen LogP contribution is 2.55. The van der Waals surface area contributed by atoms with Crippen molar-refractivity contribution in [3.05, 3.63) is 74.5 Å². The molecule has 2 aromatic heterocycles. The lowest BCUT2D eigenvalue weighted by Gasteiger charge is -2.39. The minimum absolute atomic E-state index is 0.0788. The first-order chi connectivity index (χ1) is 19.6. The number of pyridine rings is 2. The zero-order chi connectivity index (χ0) is 29.1. The molecule has 1 N–H and O–H groups in total. The average Bonchev–Trinajstić information content (AvgIpc) is 3.31. The Labute approximate surface area is 241 Å². The SMILES string of the molecule is Cc1cc(C)c(CN2CCc3c(c(C)c4c(c3-c3ccncc3)O[C@](C)(C3CCC(N(C)C)CC3)O4)C2=O)c(=O)[nH]1. The van der Waals surface area contributed by atoms with Crippen LogP contribution in [0.25, 0.3) is 11.1 Å². The van der Waals surface area contributed by atoms with Crippen LogP contribution in [-0.2, 0) is 13.0 Å². The summed E-state index contributed by atoms with van der Waals surface area (Å²) < 4.78 is 13.6. The van der Waals surface area contributed by atoms with Crippen LogP contribution in [0.5, 0.6) is 11.5 Å². The van der Waals surface area contributed by atoms with E-state index in [1.807, 2.05) is 39.0 Å². The molecule has 1 saturated carbocycles. The summed E-state index contributed by atoms with van der Waals surface area (Å²) in [4.78, 5) is 38.2. The maximum atomic E-state index is 14.2. The lowest BCUT2D eigenvalue weighted by Crippen LogP contribution is -2.46. The number of ether oxygens (including phenoxy) is 2. The van der Waals surface area contributed by atoms with Gasteiger partial charge in [-0.05, 0) is 102 Å². The van der Waals surface area contributed by atoms with Crippen molar-refractivity contribution in [2.75, 3.05) is 20.6 Å².